The Morgan fingerprint density at radius 1 is 0.629 bits per heavy atom. The average molecular weight is 489 g/mol. The normalized spacial score (nSPS) is 12.2. The second-order valence-corrected chi connectivity index (χ2v) is 12.9. The van der Waals surface area contributed by atoms with E-state index in [0.717, 1.165) is 29.4 Å². The van der Waals surface area contributed by atoms with Crippen molar-refractivity contribution >= 4 is 11.4 Å². The van der Waals surface area contributed by atoms with Gasteiger partial charge >= 0.3 is 0 Å². The van der Waals surface area contributed by atoms with Gasteiger partial charge in [-0.15, -0.1) is 4.91 Å². The fourth-order valence-electron chi connectivity index (χ4n) is 3.55. The fraction of sp³-hybridized carbons (Fsp3) is 0.586. The van der Waals surface area contributed by atoms with Gasteiger partial charge < -0.3 is 21.1 Å². The third kappa shape index (κ3) is 8.84. The number of phenolic OH excluding ortho intramolecular Hbond substituents is 2. The molecule has 0 aliphatic heterocycles. The zero-order chi connectivity index (χ0) is 28.2. The van der Waals surface area contributed by atoms with E-state index < -0.39 is 0 Å². The minimum absolute atomic E-state index is 0.000463. The van der Waals surface area contributed by atoms with Crippen molar-refractivity contribution in [2.24, 2.45) is 5.18 Å². The molecule has 35 heavy (non-hydrogen) atoms. The number of aromatic hydroxyl groups is 2. The summed E-state index contributed by atoms with van der Waals surface area (Å²) in [5.41, 5.74) is 10.2. The summed E-state index contributed by atoms with van der Waals surface area (Å²) in [5, 5.41) is 29.9. The summed E-state index contributed by atoms with van der Waals surface area (Å²) in [6, 6.07) is 7.33. The molecule has 2 aromatic carbocycles. The van der Waals surface area contributed by atoms with Crippen LogP contribution in [0.5, 0.6) is 11.5 Å². The molecule has 0 saturated heterocycles. The van der Waals surface area contributed by atoms with Gasteiger partial charge in [0.1, 0.15) is 17.2 Å². The first-order valence-electron chi connectivity index (χ1n) is 11.9. The van der Waals surface area contributed by atoms with E-state index in [0.29, 0.717) is 5.69 Å². The number of anilines is 1. The number of phenols is 2. The first-order chi connectivity index (χ1) is 15.6. The Kier molecular flexibility index (Phi) is 10.6. The van der Waals surface area contributed by atoms with E-state index in [2.05, 4.69) is 67.5 Å². The first kappa shape index (κ1) is 32.4. The van der Waals surface area contributed by atoms with E-state index in [9.17, 15) is 15.1 Å². The summed E-state index contributed by atoms with van der Waals surface area (Å²) in [7, 11) is 1.00. The molecule has 0 spiro atoms. The number of nitroso groups, excluding NO2 is 1. The molecule has 6 heteroatoms. The van der Waals surface area contributed by atoms with Crippen LogP contribution in [0.1, 0.15) is 105 Å². The number of hydrogen-bond donors (Lipinski definition) is 4. The molecule has 2 rings (SSSR count). The second kappa shape index (κ2) is 11.4. The fourth-order valence-corrected chi connectivity index (χ4v) is 3.55. The standard InChI is InChI=1S/C14H21NO2.C14H23NO.CH4O/c1-13(2,3)9-7-10(14(4,5)6)12(16)11(8-9)15-17;1-13(2,3)9-7-10(14(4,5)6)12(16)8-11(9)15;1-2/h7-8,16H,1-6H3;7-8,16H,15H2,1-6H3;2H,1H3. The van der Waals surface area contributed by atoms with Crippen LogP contribution < -0.4 is 5.73 Å². The summed E-state index contributed by atoms with van der Waals surface area (Å²) in [4.78, 5) is 10.8. The number of aliphatic hydroxyl groups is 1. The van der Waals surface area contributed by atoms with Crippen molar-refractivity contribution in [1.29, 1.82) is 0 Å². The molecule has 0 aromatic heterocycles. The van der Waals surface area contributed by atoms with Crippen LogP contribution in [0.2, 0.25) is 0 Å². The number of rotatable bonds is 1. The first-order valence-corrected chi connectivity index (χ1v) is 11.9. The Morgan fingerprint density at radius 3 is 1.40 bits per heavy atom. The van der Waals surface area contributed by atoms with Crippen LogP contribution in [0.15, 0.2) is 29.4 Å². The van der Waals surface area contributed by atoms with E-state index >= 15 is 0 Å². The van der Waals surface area contributed by atoms with Crippen molar-refractivity contribution in [3.63, 3.8) is 0 Å². The maximum absolute atomic E-state index is 10.8. The minimum atomic E-state index is -0.217. The number of nitrogens with zero attached hydrogens (tertiary/aromatic N) is 1. The van der Waals surface area contributed by atoms with E-state index in [1.807, 2.05) is 32.9 Å². The van der Waals surface area contributed by atoms with Gasteiger partial charge in [0.05, 0.1) is 0 Å². The highest BCUT2D eigenvalue weighted by atomic mass is 16.3. The van der Waals surface area contributed by atoms with Crippen LogP contribution in [0.25, 0.3) is 0 Å². The molecular weight excluding hydrogens is 440 g/mol. The molecule has 0 atom stereocenters. The summed E-state index contributed by atoms with van der Waals surface area (Å²) in [6.07, 6.45) is 0. The van der Waals surface area contributed by atoms with Crippen molar-refractivity contribution in [1.82, 2.24) is 0 Å². The van der Waals surface area contributed by atoms with Gasteiger partial charge in [-0.05, 0) is 55.7 Å². The molecule has 0 radical (unpaired) electrons. The lowest BCUT2D eigenvalue weighted by atomic mass is 9.79. The van der Waals surface area contributed by atoms with E-state index in [4.69, 9.17) is 10.8 Å². The number of nitrogens with two attached hydrogens (primary N) is 1. The SMILES string of the molecule is CC(C)(C)c1cc(C(C)(C)C)c(O)cc1N.CC(C)(C)c1cc(N=O)c(O)c(C(C)(C)C)c1.CO. The maximum atomic E-state index is 10.8. The highest BCUT2D eigenvalue weighted by molar-refractivity contribution is 5.60. The Balaban J connectivity index is 0.000000618. The molecule has 0 amide bonds. The van der Waals surface area contributed by atoms with Gasteiger partial charge in [-0.1, -0.05) is 89.2 Å². The van der Waals surface area contributed by atoms with Gasteiger partial charge in [0.25, 0.3) is 0 Å². The smallest absolute Gasteiger partial charge is 0.150 e. The second-order valence-electron chi connectivity index (χ2n) is 12.9. The van der Waals surface area contributed by atoms with Crippen LogP contribution in [0.3, 0.4) is 0 Å². The lowest BCUT2D eigenvalue weighted by molar-refractivity contribution is 0.399. The van der Waals surface area contributed by atoms with E-state index in [1.54, 1.807) is 12.1 Å². The number of benzene rings is 2. The third-order valence-electron chi connectivity index (χ3n) is 5.65. The lowest BCUT2D eigenvalue weighted by Gasteiger charge is -2.27. The minimum Gasteiger partial charge on any atom is -0.508 e. The Bertz CT molecular complexity index is 965. The van der Waals surface area contributed by atoms with Gasteiger partial charge in [-0.25, -0.2) is 0 Å². The van der Waals surface area contributed by atoms with Crippen LogP contribution >= 0.6 is 0 Å². The van der Waals surface area contributed by atoms with Crippen LogP contribution in [0.4, 0.5) is 11.4 Å². The highest BCUT2D eigenvalue weighted by Gasteiger charge is 2.26. The lowest BCUT2D eigenvalue weighted by Crippen LogP contribution is -2.18. The van der Waals surface area contributed by atoms with Crippen molar-refractivity contribution in [2.75, 3.05) is 12.8 Å². The zero-order valence-corrected chi connectivity index (χ0v) is 24.1. The maximum Gasteiger partial charge on any atom is 0.150 e. The number of hydrogen-bond acceptors (Lipinski definition) is 6. The monoisotopic (exact) mass is 488 g/mol. The molecule has 2 aromatic rings. The molecule has 0 bridgehead atoms. The van der Waals surface area contributed by atoms with Crippen molar-refractivity contribution in [2.45, 2.75) is 105 Å². The molecular formula is C29H48N2O4. The molecule has 0 aliphatic carbocycles. The van der Waals surface area contributed by atoms with Crippen LogP contribution in [-0.2, 0) is 21.7 Å². The zero-order valence-electron chi connectivity index (χ0n) is 24.1. The summed E-state index contributed by atoms with van der Waals surface area (Å²) >= 11 is 0. The highest BCUT2D eigenvalue weighted by Crippen LogP contribution is 2.41. The number of aliphatic hydroxyl groups excluding tert-OH is 1. The molecule has 0 fully saturated rings. The molecule has 0 heterocycles. The van der Waals surface area contributed by atoms with Crippen molar-refractivity contribution in [3.8, 4) is 11.5 Å². The molecule has 0 saturated carbocycles. The predicted molar refractivity (Wildman–Crippen MR) is 149 cm³/mol. The Hall–Kier alpha value is -2.60. The van der Waals surface area contributed by atoms with Crippen molar-refractivity contribution < 1.29 is 15.3 Å². The predicted octanol–water partition coefficient (Wildman–Crippen LogP) is 7.56. The third-order valence-corrected chi connectivity index (χ3v) is 5.65. The van der Waals surface area contributed by atoms with Gasteiger partial charge in [0.2, 0.25) is 0 Å². The number of nitrogen functional groups attached to an aromatic ring is 1. The largest absolute Gasteiger partial charge is 0.508 e. The summed E-state index contributed by atoms with van der Waals surface area (Å²) < 4.78 is 0. The molecule has 0 aliphatic rings. The molecule has 6 nitrogen and oxygen atoms in total. The van der Waals surface area contributed by atoms with Gasteiger partial charge in [0, 0.05) is 24.4 Å². The van der Waals surface area contributed by atoms with Gasteiger partial charge in [-0.3, -0.25) is 0 Å². The summed E-state index contributed by atoms with van der Waals surface area (Å²) in [5.74, 6) is 0.290. The molecule has 198 valence electrons. The quantitative estimate of drug-likeness (QED) is 0.244. The van der Waals surface area contributed by atoms with E-state index in [1.165, 1.54) is 0 Å². The van der Waals surface area contributed by atoms with Crippen LogP contribution in [0, 0.1) is 4.91 Å². The Labute approximate surface area is 212 Å². The van der Waals surface area contributed by atoms with Crippen molar-refractivity contribution in [3.05, 3.63) is 51.4 Å². The summed E-state index contributed by atoms with van der Waals surface area (Å²) in [6.45, 7) is 24.9. The Morgan fingerprint density at radius 2 is 1.06 bits per heavy atom. The average Bonchev–Trinajstić information content (AvgIpc) is 2.66. The topological polar surface area (TPSA) is 116 Å². The van der Waals surface area contributed by atoms with Gasteiger partial charge in [0.15, 0.2) is 0 Å². The van der Waals surface area contributed by atoms with Crippen LogP contribution in [-0.4, -0.2) is 22.4 Å². The van der Waals surface area contributed by atoms with E-state index in [-0.39, 0.29) is 38.8 Å². The molecule has 5 N–H and O–H groups in total. The van der Waals surface area contributed by atoms with Gasteiger partial charge in [-0.2, -0.15) is 0 Å². The molecule has 0 unspecified atom stereocenters.